The fourth-order valence-electron chi connectivity index (χ4n) is 2.76. The average Bonchev–Trinajstić information content (AvgIpc) is 2.68. The Kier molecular flexibility index (Phi) is 7.05. The van der Waals surface area contributed by atoms with Crippen LogP contribution in [-0.4, -0.2) is 59.5 Å². The molecule has 10 heteroatoms. The minimum absolute atomic E-state index is 0.0453. The molecule has 0 spiro atoms. The number of H-pyrrole nitrogens is 1. The number of aryl methyl sites for hydroxylation is 1. The number of hydrogen-bond donors (Lipinski definition) is 4. The number of amides is 1. The maximum absolute atomic E-state index is 12.7. The highest BCUT2D eigenvalue weighted by molar-refractivity contribution is 5.98. The van der Waals surface area contributed by atoms with Crippen molar-refractivity contribution in [2.45, 2.75) is 19.4 Å². The number of phenolic OH excluding ortho intramolecular Hbond substituents is 1. The van der Waals surface area contributed by atoms with Crippen molar-refractivity contribution >= 4 is 23.0 Å². The Morgan fingerprint density at radius 1 is 1.31 bits per heavy atom. The van der Waals surface area contributed by atoms with Crippen LogP contribution in [0.2, 0.25) is 0 Å². The van der Waals surface area contributed by atoms with Crippen molar-refractivity contribution in [1.82, 2.24) is 14.7 Å². The molecular weight excluding hydrogens is 378 g/mol. The van der Waals surface area contributed by atoms with Crippen LogP contribution in [0.3, 0.4) is 0 Å². The lowest BCUT2D eigenvalue weighted by atomic mass is 10.1. The minimum Gasteiger partial charge on any atom is -0.505 e. The highest BCUT2D eigenvalue weighted by Gasteiger charge is 2.21. The van der Waals surface area contributed by atoms with Gasteiger partial charge in [-0.2, -0.15) is 0 Å². The predicted molar refractivity (Wildman–Crippen MR) is 111 cm³/mol. The molecule has 0 radical (unpaired) electrons. The molecule has 2 aromatic rings. The van der Waals surface area contributed by atoms with Gasteiger partial charge in [-0.25, -0.2) is 0 Å². The molecule has 10 nitrogen and oxygen atoms in total. The van der Waals surface area contributed by atoms with Crippen LogP contribution in [0.15, 0.2) is 27.8 Å². The summed E-state index contributed by atoms with van der Waals surface area (Å²) in [4.78, 5) is 38.8. The van der Waals surface area contributed by atoms with E-state index in [-0.39, 0.29) is 34.4 Å². The molecule has 1 amide bonds. The number of nitrogens with one attached hydrogen (secondary N) is 3. The number of carbonyl (C=O) groups excluding carboxylic acids is 1. The molecule has 0 aliphatic rings. The number of benzene rings is 1. The van der Waals surface area contributed by atoms with Gasteiger partial charge in [-0.05, 0) is 18.6 Å². The topological polar surface area (TPSA) is 129 Å². The summed E-state index contributed by atoms with van der Waals surface area (Å²) >= 11 is 0. The second kappa shape index (κ2) is 9.28. The number of phenols is 1. The van der Waals surface area contributed by atoms with Gasteiger partial charge in [0.2, 0.25) is 0 Å². The number of aromatic nitrogens is 2. The predicted octanol–water partition coefficient (Wildman–Crippen LogP) is 1.06. The molecule has 4 N–H and O–H groups in total. The van der Waals surface area contributed by atoms with Crippen molar-refractivity contribution < 1.29 is 14.6 Å². The number of hydrogen-bond acceptors (Lipinski definition) is 7. The van der Waals surface area contributed by atoms with Crippen LogP contribution in [0.1, 0.15) is 23.7 Å². The number of ether oxygens (including phenoxy) is 1. The molecule has 0 unspecified atom stereocenters. The summed E-state index contributed by atoms with van der Waals surface area (Å²) in [5.74, 6) is -0.713. The smallest absolute Gasteiger partial charge is 0.290 e. The monoisotopic (exact) mass is 405 g/mol. The van der Waals surface area contributed by atoms with E-state index in [9.17, 15) is 19.5 Å². The van der Waals surface area contributed by atoms with Crippen molar-refractivity contribution in [3.63, 3.8) is 0 Å². The van der Waals surface area contributed by atoms with Crippen molar-refractivity contribution in [2.75, 3.05) is 38.4 Å². The highest BCUT2D eigenvalue weighted by atomic mass is 16.5. The maximum atomic E-state index is 12.7. The lowest BCUT2D eigenvalue weighted by Gasteiger charge is -2.20. The van der Waals surface area contributed by atoms with Gasteiger partial charge in [0, 0.05) is 34.3 Å². The normalized spacial score (nSPS) is 11.8. The summed E-state index contributed by atoms with van der Waals surface area (Å²) in [6.45, 7) is 2.26. The number of methoxy groups -OCH3 is 1. The number of aromatic hydroxyl groups is 1. The molecule has 2 rings (SSSR count). The second-order valence-corrected chi connectivity index (χ2v) is 6.79. The third-order valence-electron chi connectivity index (χ3n) is 4.41. The van der Waals surface area contributed by atoms with Crippen LogP contribution < -0.4 is 21.8 Å². The van der Waals surface area contributed by atoms with Gasteiger partial charge in [0.25, 0.3) is 17.0 Å². The summed E-state index contributed by atoms with van der Waals surface area (Å²) in [7, 11) is 6.11. The van der Waals surface area contributed by atoms with Gasteiger partial charge in [-0.3, -0.25) is 24.2 Å². The molecule has 0 saturated carbocycles. The second-order valence-electron chi connectivity index (χ2n) is 6.79. The number of rotatable bonds is 8. The lowest BCUT2D eigenvalue weighted by molar-refractivity contribution is 0.0824. The Morgan fingerprint density at radius 2 is 2.00 bits per heavy atom. The summed E-state index contributed by atoms with van der Waals surface area (Å²) < 4.78 is 6.22. The van der Waals surface area contributed by atoms with Gasteiger partial charge in [-0.1, -0.05) is 13.0 Å². The van der Waals surface area contributed by atoms with Crippen molar-refractivity contribution in [3.8, 4) is 5.75 Å². The zero-order valence-corrected chi connectivity index (χ0v) is 17.2. The van der Waals surface area contributed by atoms with Gasteiger partial charge in [0.05, 0.1) is 17.9 Å². The summed E-state index contributed by atoms with van der Waals surface area (Å²) in [5, 5.41) is 18.8. The van der Waals surface area contributed by atoms with Gasteiger partial charge >= 0.3 is 0 Å². The van der Waals surface area contributed by atoms with E-state index < -0.39 is 17.0 Å². The van der Waals surface area contributed by atoms with Crippen LogP contribution in [0.25, 0.3) is 0 Å². The van der Waals surface area contributed by atoms with E-state index in [2.05, 4.69) is 15.7 Å². The Hall–Kier alpha value is -3.27. The quantitative estimate of drug-likeness (QED) is 0.483. The molecular formula is C19H27N5O5. The lowest BCUT2D eigenvalue weighted by Crippen LogP contribution is -2.35. The zero-order valence-electron chi connectivity index (χ0n) is 17.2. The largest absolute Gasteiger partial charge is 0.505 e. The molecule has 1 aromatic heterocycles. The Balaban J connectivity index is 2.55. The molecule has 0 aliphatic heterocycles. The molecule has 1 aromatic carbocycles. The molecule has 0 aliphatic carbocycles. The molecule has 158 valence electrons. The summed E-state index contributed by atoms with van der Waals surface area (Å²) in [6, 6.07) is 4.35. The first kappa shape index (κ1) is 22.0. The van der Waals surface area contributed by atoms with Gasteiger partial charge in [0.1, 0.15) is 11.4 Å². The average molecular weight is 405 g/mol. The number of aromatic amines is 1. The molecule has 1 atom stereocenters. The van der Waals surface area contributed by atoms with E-state index in [4.69, 9.17) is 4.74 Å². The molecule has 0 saturated heterocycles. The van der Waals surface area contributed by atoms with Crippen molar-refractivity contribution in [3.05, 3.63) is 44.5 Å². The first-order valence-electron chi connectivity index (χ1n) is 9.10. The van der Waals surface area contributed by atoms with Crippen LogP contribution in [-0.2, 0) is 11.8 Å². The van der Waals surface area contributed by atoms with Crippen LogP contribution in [0.4, 0.5) is 17.1 Å². The Morgan fingerprint density at radius 3 is 2.59 bits per heavy atom. The Labute approximate surface area is 168 Å². The van der Waals surface area contributed by atoms with Crippen LogP contribution in [0, 0.1) is 0 Å². The van der Waals surface area contributed by atoms with E-state index in [1.165, 1.54) is 24.1 Å². The molecule has 29 heavy (non-hydrogen) atoms. The maximum Gasteiger partial charge on any atom is 0.290 e. The van der Waals surface area contributed by atoms with Gasteiger partial charge in [0.15, 0.2) is 5.75 Å². The first-order valence-corrected chi connectivity index (χ1v) is 9.10. The Bertz CT molecular complexity index is 995. The number of para-hydroxylation sites is 1. The van der Waals surface area contributed by atoms with Gasteiger partial charge in [-0.15, -0.1) is 0 Å². The van der Waals surface area contributed by atoms with Crippen molar-refractivity contribution in [2.24, 2.45) is 7.05 Å². The number of anilines is 3. The van der Waals surface area contributed by atoms with Crippen molar-refractivity contribution in [1.29, 1.82) is 0 Å². The minimum atomic E-state index is -0.564. The van der Waals surface area contributed by atoms with E-state index in [1.54, 1.807) is 27.3 Å². The molecule has 1 heterocycles. The summed E-state index contributed by atoms with van der Waals surface area (Å²) in [6.07, 6.45) is 0.654. The van der Waals surface area contributed by atoms with Gasteiger partial charge < -0.3 is 25.4 Å². The van der Waals surface area contributed by atoms with E-state index in [0.717, 1.165) is 4.68 Å². The first-order chi connectivity index (χ1) is 13.7. The van der Waals surface area contributed by atoms with E-state index in [0.29, 0.717) is 13.0 Å². The third-order valence-corrected chi connectivity index (χ3v) is 4.41. The molecule has 0 fully saturated rings. The van der Waals surface area contributed by atoms with Crippen LogP contribution in [0.5, 0.6) is 5.75 Å². The molecule has 0 bridgehead atoms. The fourth-order valence-corrected chi connectivity index (χ4v) is 2.76. The van der Waals surface area contributed by atoms with Crippen LogP contribution >= 0.6 is 0 Å². The SMILES string of the molecule is CC[C@H](COC)Nc1c(Nc2cccc(C(=O)N(C)C)c2O)c(=O)[nH]n(C)c1=O. The third kappa shape index (κ3) is 4.77. The standard InChI is InChI=1S/C19H27N5O5/c1-6-11(10-29-5)20-15-14(17(26)22-24(4)19(15)28)21-13-9-7-8-12(16(13)25)18(27)23(2)3/h7-9,11,20-21,25H,6,10H2,1-5H3,(H,22,26)/t11-/m1/s1. The fraction of sp³-hybridized carbons (Fsp3) is 0.421. The number of nitrogens with zero attached hydrogens (tertiary/aromatic N) is 2. The number of carbonyl (C=O) groups is 1. The highest BCUT2D eigenvalue weighted by Crippen LogP contribution is 2.31. The van der Waals surface area contributed by atoms with E-state index >= 15 is 0 Å². The zero-order chi connectivity index (χ0) is 21.7. The summed E-state index contributed by atoms with van der Waals surface area (Å²) in [5.41, 5.74) is -0.844. The van der Waals surface area contributed by atoms with E-state index in [1.807, 2.05) is 6.92 Å².